The summed E-state index contributed by atoms with van der Waals surface area (Å²) < 4.78 is 28.6. The standard InChI is InChI=1S/C33H36O7S/c1-20-26-14-8-21(7-6-16-33(2)30(40-33)29(26)39-31(20)34)19-38-32(35)27(22-9-12-25(41-5)13-10-22)18-23-17-24(36-3)11-15-28(23)37-4/h7,9-13,15,17-18,26,29-30H,1,6,8,14,16,19H2,2-5H3/b21-7+,27-18+/t26-,29-,30-,33+/m0/s1. The van der Waals surface area contributed by atoms with Crippen LogP contribution >= 0.6 is 11.8 Å². The molecule has 3 aliphatic rings. The van der Waals surface area contributed by atoms with E-state index < -0.39 is 5.97 Å². The number of allylic oxidation sites excluding steroid dienone is 1. The van der Waals surface area contributed by atoms with E-state index in [9.17, 15) is 9.59 Å². The number of hydrogen-bond acceptors (Lipinski definition) is 8. The molecule has 8 heteroatoms. The van der Waals surface area contributed by atoms with Gasteiger partial charge in [-0.2, -0.15) is 0 Å². The molecule has 0 amide bonds. The fraction of sp³-hybridized carbons (Fsp3) is 0.394. The van der Waals surface area contributed by atoms with Crippen LogP contribution in [-0.4, -0.2) is 56.8 Å². The molecule has 2 saturated heterocycles. The number of fused-ring (bicyclic) bond motifs is 3. The molecule has 0 spiro atoms. The van der Waals surface area contributed by atoms with E-state index in [0.717, 1.165) is 28.9 Å². The van der Waals surface area contributed by atoms with E-state index in [0.29, 0.717) is 41.1 Å². The highest BCUT2D eigenvalue weighted by molar-refractivity contribution is 7.98. The van der Waals surface area contributed by atoms with Gasteiger partial charge in [0.15, 0.2) is 0 Å². The Balaban J connectivity index is 1.38. The molecule has 0 bridgehead atoms. The Hall–Kier alpha value is -3.49. The number of hydrogen-bond donors (Lipinski definition) is 0. The molecule has 0 aromatic heterocycles. The molecule has 2 aromatic rings. The average molecular weight is 577 g/mol. The van der Waals surface area contributed by atoms with Crippen LogP contribution in [0.5, 0.6) is 11.5 Å². The van der Waals surface area contributed by atoms with E-state index in [-0.39, 0.29) is 36.3 Å². The quantitative estimate of drug-likeness (QED) is 0.0909. The van der Waals surface area contributed by atoms with Gasteiger partial charge in [0.25, 0.3) is 0 Å². The van der Waals surface area contributed by atoms with Crippen molar-refractivity contribution in [1.29, 1.82) is 0 Å². The summed E-state index contributed by atoms with van der Waals surface area (Å²) in [5, 5.41) is 0. The van der Waals surface area contributed by atoms with E-state index in [1.807, 2.05) is 48.7 Å². The van der Waals surface area contributed by atoms with Crippen LogP contribution in [0.15, 0.2) is 71.2 Å². The minimum absolute atomic E-state index is 0.0951. The number of ether oxygens (including phenoxy) is 5. The van der Waals surface area contributed by atoms with Crippen molar-refractivity contribution < 1.29 is 33.3 Å². The third-order valence-corrected chi connectivity index (χ3v) is 8.93. The second kappa shape index (κ2) is 12.2. The molecule has 0 radical (unpaired) electrons. The average Bonchev–Trinajstić information content (AvgIpc) is 3.58. The summed E-state index contributed by atoms with van der Waals surface area (Å²) in [4.78, 5) is 27.1. The summed E-state index contributed by atoms with van der Waals surface area (Å²) in [6.45, 7) is 6.20. The Morgan fingerprint density at radius 3 is 2.66 bits per heavy atom. The molecule has 1 aliphatic carbocycles. The SMILES string of the molecule is C=C1C(=O)O[C@H]2[C@H]1CC/C(COC(=O)/C(=C/c1cc(OC)ccc1OC)c1ccc(SC)cc1)=C\CC[C@@]1(C)O[C@@H]21. The molecule has 216 valence electrons. The lowest BCUT2D eigenvalue weighted by Crippen LogP contribution is -2.29. The first-order valence-electron chi connectivity index (χ1n) is 13.8. The summed E-state index contributed by atoms with van der Waals surface area (Å²) >= 11 is 1.63. The molecule has 2 fully saturated rings. The lowest BCUT2D eigenvalue weighted by Gasteiger charge is -2.20. The first-order chi connectivity index (χ1) is 19.8. The predicted octanol–water partition coefficient (Wildman–Crippen LogP) is 6.27. The molecule has 5 rings (SSSR count). The Kier molecular flexibility index (Phi) is 8.61. The molecule has 2 aliphatic heterocycles. The number of thioether (sulfide) groups is 1. The van der Waals surface area contributed by atoms with Crippen LogP contribution in [-0.2, 0) is 23.8 Å². The molecule has 2 aromatic carbocycles. The second-order valence-electron chi connectivity index (χ2n) is 10.8. The predicted molar refractivity (Wildman–Crippen MR) is 159 cm³/mol. The molecule has 2 heterocycles. The van der Waals surface area contributed by atoms with E-state index in [2.05, 4.69) is 19.6 Å². The van der Waals surface area contributed by atoms with Crippen LogP contribution < -0.4 is 9.47 Å². The number of rotatable bonds is 8. The highest BCUT2D eigenvalue weighted by atomic mass is 32.2. The van der Waals surface area contributed by atoms with Crippen molar-refractivity contribution in [3.8, 4) is 11.5 Å². The van der Waals surface area contributed by atoms with E-state index in [1.165, 1.54) is 0 Å². The number of carbonyl (C=O) groups excluding carboxylic acids is 2. The topological polar surface area (TPSA) is 83.6 Å². The summed E-state index contributed by atoms with van der Waals surface area (Å²) in [6, 6.07) is 13.3. The van der Waals surface area contributed by atoms with Gasteiger partial charge in [-0.15, -0.1) is 11.8 Å². The van der Waals surface area contributed by atoms with Crippen LogP contribution in [0.2, 0.25) is 0 Å². The molecule has 4 atom stereocenters. The summed E-state index contributed by atoms with van der Waals surface area (Å²) in [7, 11) is 3.19. The minimum Gasteiger partial charge on any atom is -0.497 e. The van der Waals surface area contributed by atoms with Crippen molar-refractivity contribution in [2.24, 2.45) is 5.92 Å². The molecule has 7 nitrogen and oxygen atoms in total. The monoisotopic (exact) mass is 576 g/mol. The van der Waals surface area contributed by atoms with Crippen molar-refractivity contribution in [2.75, 3.05) is 27.1 Å². The fourth-order valence-corrected chi connectivity index (χ4v) is 6.03. The van der Waals surface area contributed by atoms with Crippen LogP contribution in [0.3, 0.4) is 0 Å². The Morgan fingerprint density at radius 2 is 1.95 bits per heavy atom. The van der Waals surface area contributed by atoms with Crippen LogP contribution in [0.1, 0.15) is 43.7 Å². The summed E-state index contributed by atoms with van der Waals surface area (Å²) in [5.41, 5.74) is 3.03. The number of esters is 2. The number of epoxide rings is 1. The van der Waals surface area contributed by atoms with Crippen molar-refractivity contribution in [3.05, 3.63) is 77.4 Å². The normalized spacial score (nSPS) is 27.1. The third-order valence-electron chi connectivity index (χ3n) is 8.19. The molecule has 41 heavy (non-hydrogen) atoms. The van der Waals surface area contributed by atoms with Gasteiger partial charge in [-0.3, -0.25) is 0 Å². The van der Waals surface area contributed by atoms with Gasteiger partial charge in [0.1, 0.15) is 30.3 Å². The van der Waals surface area contributed by atoms with Gasteiger partial charge in [-0.05, 0) is 86.4 Å². The van der Waals surface area contributed by atoms with Gasteiger partial charge < -0.3 is 23.7 Å². The van der Waals surface area contributed by atoms with Crippen LogP contribution in [0.25, 0.3) is 11.6 Å². The van der Waals surface area contributed by atoms with Gasteiger partial charge in [0.05, 0.1) is 25.4 Å². The third kappa shape index (κ3) is 6.23. The van der Waals surface area contributed by atoms with Crippen LogP contribution in [0, 0.1) is 5.92 Å². The fourth-order valence-electron chi connectivity index (χ4n) is 5.63. The van der Waals surface area contributed by atoms with E-state index >= 15 is 0 Å². The van der Waals surface area contributed by atoms with Crippen LogP contribution in [0.4, 0.5) is 0 Å². The molecular formula is C33H36O7S. The summed E-state index contributed by atoms with van der Waals surface area (Å²) in [6.07, 6.45) is 8.45. The first kappa shape index (κ1) is 29.0. The maximum absolute atomic E-state index is 13.7. The Morgan fingerprint density at radius 1 is 1.17 bits per heavy atom. The minimum atomic E-state index is -0.441. The van der Waals surface area contributed by atoms with Gasteiger partial charge in [-0.25, -0.2) is 9.59 Å². The summed E-state index contributed by atoms with van der Waals surface area (Å²) in [5.74, 6) is 0.369. The van der Waals surface area contributed by atoms with Crippen molar-refractivity contribution in [3.63, 3.8) is 0 Å². The Bertz CT molecular complexity index is 1390. The zero-order valence-corrected chi connectivity index (χ0v) is 24.8. The molecule has 0 N–H and O–H groups in total. The molecular weight excluding hydrogens is 540 g/mol. The maximum atomic E-state index is 13.7. The molecule has 0 saturated carbocycles. The highest BCUT2D eigenvalue weighted by Gasteiger charge is 2.61. The first-order valence-corrected chi connectivity index (χ1v) is 15.0. The number of methoxy groups -OCH3 is 2. The zero-order valence-electron chi connectivity index (χ0n) is 23.9. The molecule has 0 unspecified atom stereocenters. The van der Waals surface area contributed by atoms with Crippen molar-refractivity contribution in [2.45, 2.75) is 55.3 Å². The number of benzene rings is 2. The van der Waals surface area contributed by atoms with E-state index in [1.54, 1.807) is 32.1 Å². The maximum Gasteiger partial charge on any atom is 0.339 e. The zero-order chi connectivity index (χ0) is 29.1. The van der Waals surface area contributed by atoms with Crippen molar-refractivity contribution >= 4 is 35.3 Å². The number of carbonyl (C=O) groups is 2. The van der Waals surface area contributed by atoms with Gasteiger partial charge in [0, 0.05) is 21.9 Å². The smallest absolute Gasteiger partial charge is 0.339 e. The van der Waals surface area contributed by atoms with Gasteiger partial charge in [0.2, 0.25) is 0 Å². The van der Waals surface area contributed by atoms with Crippen molar-refractivity contribution in [1.82, 2.24) is 0 Å². The lowest BCUT2D eigenvalue weighted by molar-refractivity contribution is -0.140. The van der Waals surface area contributed by atoms with Gasteiger partial charge >= 0.3 is 11.9 Å². The largest absolute Gasteiger partial charge is 0.497 e. The van der Waals surface area contributed by atoms with E-state index in [4.69, 9.17) is 23.7 Å². The lowest BCUT2D eigenvalue weighted by atomic mass is 9.84. The van der Waals surface area contributed by atoms with Gasteiger partial charge in [-0.1, -0.05) is 24.8 Å². The second-order valence-corrected chi connectivity index (χ2v) is 11.6. The Labute approximate surface area is 245 Å². The highest BCUT2D eigenvalue weighted by Crippen LogP contribution is 2.49.